The first-order chi connectivity index (χ1) is 20.0. The van der Waals surface area contributed by atoms with Crippen LogP contribution in [0.15, 0.2) is 47.4 Å². The van der Waals surface area contributed by atoms with Gasteiger partial charge in [-0.2, -0.15) is 8.42 Å². The van der Waals surface area contributed by atoms with Crippen molar-refractivity contribution in [2.45, 2.75) is 64.3 Å². The number of ether oxygens (including phenoxy) is 3. The summed E-state index contributed by atoms with van der Waals surface area (Å²) in [5.41, 5.74) is -0.266. The van der Waals surface area contributed by atoms with Crippen LogP contribution in [0.25, 0.3) is 0 Å². The fraction of sp³-hybridized carbons (Fsp3) is 0.567. The topological polar surface area (TPSA) is 171 Å². The van der Waals surface area contributed by atoms with E-state index in [4.69, 9.17) is 23.9 Å². The minimum Gasteiger partial charge on any atom is -0.495 e. The number of methoxy groups -OCH3 is 1. The summed E-state index contributed by atoms with van der Waals surface area (Å²) in [6.45, 7) is 9.55. The molecule has 2 saturated carbocycles. The highest BCUT2D eigenvalue weighted by Gasteiger charge is 2.65. The molecule has 0 saturated heterocycles. The van der Waals surface area contributed by atoms with Crippen molar-refractivity contribution >= 4 is 25.9 Å². The van der Waals surface area contributed by atoms with Gasteiger partial charge in [-0.3, -0.25) is 9.35 Å². The second-order valence-corrected chi connectivity index (χ2v) is 14.7. The Morgan fingerprint density at radius 2 is 1.72 bits per heavy atom. The quantitative estimate of drug-likeness (QED) is 0.217. The lowest BCUT2D eigenvalue weighted by Gasteiger charge is -2.35. The first-order valence-corrected chi connectivity index (χ1v) is 17.5. The number of nitrogens with one attached hydrogen (secondary N) is 1. The number of nitrogens with two attached hydrogens (primary N) is 1. The Balaban J connectivity index is 0.000000282. The maximum atomic E-state index is 11.9. The summed E-state index contributed by atoms with van der Waals surface area (Å²) in [5, 5.41) is 8.63. The lowest BCUT2D eigenvalue weighted by Crippen LogP contribution is -2.42. The van der Waals surface area contributed by atoms with Gasteiger partial charge in [0.1, 0.15) is 23.0 Å². The predicted octanol–water partition coefficient (Wildman–Crippen LogP) is 3.61. The largest absolute Gasteiger partial charge is 0.495 e. The zero-order valence-corrected chi connectivity index (χ0v) is 27.1. The molecule has 0 heterocycles. The standard InChI is InChI=1S/C20H28N2O5S.C10H16O4S/c1-4-26-17-7-5-6-8-18(17)27-12-11-22-15(2)13-16-9-10-19(25-3)20(14-16)28(21,23)24;1-9(2)7-3-4-10(9,8(11)5-7)6-15(12,13)14/h5-10,14-15,22H,4,11-13H2,1-3H3,(H2,21,23,24);7H,3-6H2,1-2H3,(H,12,13,14)/t15-;7?,10-/m11/s1. The summed E-state index contributed by atoms with van der Waals surface area (Å²) in [5.74, 6) is 1.59. The van der Waals surface area contributed by atoms with E-state index >= 15 is 0 Å². The van der Waals surface area contributed by atoms with Crippen molar-refractivity contribution in [2.75, 3.05) is 32.6 Å². The summed E-state index contributed by atoms with van der Waals surface area (Å²) < 4.78 is 70.8. The molecule has 2 aliphatic carbocycles. The molecule has 1 unspecified atom stereocenters. The van der Waals surface area contributed by atoms with Gasteiger partial charge < -0.3 is 19.5 Å². The van der Waals surface area contributed by atoms with Crippen molar-refractivity contribution in [1.82, 2.24) is 5.32 Å². The van der Waals surface area contributed by atoms with Gasteiger partial charge in [-0.15, -0.1) is 0 Å². The van der Waals surface area contributed by atoms with Gasteiger partial charge >= 0.3 is 0 Å². The number of carbonyl (C=O) groups is 1. The van der Waals surface area contributed by atoms with E-state index in [0.29, 0.717) is 44.8 Å². The molecule has 0 radical (unpaired) electrons. The van der Waals surface area contributed by atoms with E-state index in [9.17, 15) is 21.6 Å². The van der Waals surface area contributed by atoms with E-state index < -0.39 is 31.3 Å². The lowest BCUT2D eigenvalue weighted by atomic mass is 9.70. The van der Waals surface area contributed by atoms with Crippen LogP contribution in [0.1, 0.15) is 52.5 Å². The van der Waals surface area contributed by atoms with Crippen LogP contribution in [-0.2, 0) is 31.4 Å². The summed E-state index contributed by atoms with van der Waals surface area (Å²) in [6, 6.07) is 12.7. The van der Waals surface area contributed by atoms with E-state index in [-0.39, 0.29) is 33.8 Å². The number of para-hydroxylation sites is 2. The monoisotopic (exact) mass is 640 g/mol. The molecule has 0 aromatic heterocycles. The third kappa shape index (κ3) is 8.48. The third-order valence-corrected chi connectivity index (χ3v) is 10.4. The zero-order chi connectivity index (χ0) is 32.1. The first-order valence-electron chi connectivity index (χ1n) is 14.3. The number of rotatable bonds is 13. The van der Waals surface area contributed by atoms with Crippen LogP contribution in [0.4, 0.5) is 0 Å². The molecule has 4 rings (SSSR count). The molecule has 0 spiro atoms. The highest BCUT2D eigenvalue weighted by molar-refractivity contribution is 7.89. The third-order valence-electron chi connectivity index (χ3n) is 8.65. The molecule has 0 aliphatic heterocycles. The number of carbonyl (C=O) groups excluding carboxylic acids is 1. The van der Waals surface area contributed by atoms with Gasteiger partial charge in [-0.1, -0.05) is 32.0 Å². The Bertz CT molecular complexity index is 1490. The molecule has 2 fully saturated rings. The number of Topliss-reactive ketones (excluding diaryl/α,β-unsaturated/α-hetero) is 1. The van der Waals surface area contributed by atoms with Gasteiger partial charge in [0.25, 0.3) is 10.1 Å². The second kappa shape index (κ2) is 13.9. The molecule has 0 amide bonds. The van der Waals surface area contributed by atoms with E-state index in [2.05, 4.69) is 5.32 Å². The molecule has 43 heavy (non-hydrogen) atoms. The number of benzene rings is 2. The molecule has 2 aromatic rings. The molecular weight excluding hydrogens is 596 g/mol. The molecule has 4 N–H and O–H groups in total. The van der Waals surface area contributed by atoms with Gasteiger partial charge in [-0.05, 0) is 74.3 Å². The maximum Gasteiger partial charge on any atom is 0.265 e. The molecular formula is C30H44N2O9S2. The van der Waals surface area contributed by atoms with Crippen molar-refractivity contribution in [1.29, 1.82) is 0 Å². The van der Waals surface area contributed by atoms with Crippen molar-refractivity contribution in [3.63, 3.8) is 0 Å². The summed E-state index contributed by atoms with van der Waals surface area (Å²) in [7, 11) is -6.50. The summed E-state index contributed by atoms with van der Waals surface area (Å²) >= 11 is 0. The minimum absolute atomic E-state index is 0.00411. The fourth-order valence-electron chi connectivity index (χ4n) is 6.23. The Kier molecular flexibility index (Phi) is 11.3. The molecule has 240 valence electrons. The molecule has 2 bridgehead atoms. The molecule has 11 nitrogen and oxygen atoms in total. The molecule has 3 atom stereocenters. The van der Waals surface area contributed by atoms with Crippen molar-refractivity contribution in [2.24, 2.45) is 21.9 Å². The normalized spacial score (nSPS) is 21.6. The van der Waals surface area contributed by atoms with Crippen LogP contribution in [0.5, 0.6) is 17.2 Å². The first kappa shape index (κ1) is 34.8. The molecule has 2 aliphatic rings. The SMILES string of the molecule is CC1(C)C2CC[C@@]1(CS(=O)(=O)O)C(=O)C2.CCOc1ccccc1OCCN[C@H](C)Cc1ccc(OC)c(S(N)(=O)=O)c1. The van der Waals surface area contributed by atoms with Crippen LogP contribution < -0.4 is 24.7 Å². The number of primary sulfonamides is 1. The van der Waals surface area contributed by atoms with Crippen molar-refractivity contribution < 1.29 is 40.4 Å². The zero-order valence-electron chi connectivity index (χ0n) is 25.5. The smallest absolute Gasteiger partial charge is 0.265 e. The van der Waals surface area contributed by atoms with Gasteiger partial charge in [0.2, 0.25) is 10.0 Å². The number of fused-ring (bicyclic) bond motifs is 2. The van der Waals surface area contributed by atoms with Crippen LogP contribution in [0.2, 0.25) is 0 Å². The minimum atomic E-state index is -4.08. The van der Waals surface area contributed by atoms with E-state index in [1.807, 2.05) is 58.0 Å². The van der Waals surface area contributed by atoms with E-state index in [1.54, 1.807) is 12.1 Å². The average molecular weight is 641 g/mol. The van der Waals surface area contributed by atoms with Gasteiger partial charge in [-0.25, -0.2) is 13.6 Å². The lowest BCUT2D eigenvalue weighted by molar-refractivity contribution is -0.128. The van der Waals surface area contributed by atoms with Crippen LogP contribution in [0.3, 0.4) is 0 Å². The number of hydrogen-bond acceptors (Lipinski definition) is 9. The second-order valence-electron chi connectivity index (χ2n) is 11.7. The highest BCUT2D eigenvalue weighted by atomic mass is 32.2. The number of sulfonamides is 1. The van der Waals surface area contributed by atoms with Crippen molar-refractivity contribution in [3.05, 3.63) is 48.0 Å². The molecule has 13 heteroatoms. The van der Waals surface area contributed by atoms with Crippen LogP contribution in [0, 0.1) is 16.7 Å². The predicted molar refractivity (Wildman–Crippen MR) is 164 cm³/mol. The number of ketones is 1. The Hall–Kier alpha value is -2.71. The average Bonchev–Trinajstić information content (AvgIpc) is 3.25. The number of hydrogen-bond donors (Lipinski definition) is 3. The Morgan fingerprint density at radius 3 is 2.23 bits per heavy atom. The van der Waals surface area contributed by atoms with Crippen LogP contribution >= 0.6 is 0 Å². The summed E-state index contributed by atoms with van der Waals surface area (Å²) in [4.78, 5) is 11.9. The molecule has 2 aromatic carbocycles. The van der Waals surface area contributed by atoms with Gasteiger partial charge in [0.15, 0.2) is 11.5 Å². The highest BCUT2D eigenvalue weighted by Crippen LogP contribution is 2.64. The van der Waals surface area contributed by atoms with Crippen LogP contribution in [-0.4, -0.2) is 65.8 Å². The Morgan fingerprint density at radius 1 is 1.07 bits per heavy atom. The van der Waals surface area contributed by atoms with Gasteiger partial charge in [0, 0.05) is 19.0 Å². The maximum absolute atomic E-state index is 11.9. The fourth-order valence-corrected chi connectivity index (χ4v) is 8.27. The van der Waals surface area contributed by atoms with E-state index in [0.717, 1.165) is 17.7 Å². The van der Waals surface area contributed by atoms with Crippen molar-refractivity contribution in [3.8, 4) is 17.2 Å². The Labute approximate surface area is 255 Å². The van der Waals surface area contributed by atoms with E-state index in [1.165, 1.54) is 7.11 Å². The summed E-state index contributed by atoms with van der Waals surface area (Å²) in [6.07, 6.45) is 2.61. The van der Waals surface area contributed by atoms with Gasteiger partial charge in [0.05, 0.1) is 24.9 Å².